The van der Waals surface area contributed by atoms with Crippen molar-refractivity contribution in [3.63, 3.8) is 0 Å². The van der Waals surface area contributed by atoms with Crippen LogP contribution in [-0.4, -0.2) is 4.98 Å². The number of hydrogen-bond acceptors (Lipinski definition) is 1. The zero-order valence-corrected chi connectivity index (χ0v) is 13.5. The molecule has 1 aliphatic rings. The second kappa shape index (κ2) is 8.73. The molecule has 0 spiro atoms. The van der Waals surface area contributed by atoms with Gasteiger partial charge in [-0.25, -0.2) is 0 Å². The first-order valence-corrected chi connectivity index (χ1v) is 8.75. The molecule has 1 saturated carbocycles. The van der Waals surface area contributed by atoms with Gasteiger partial charge in [0, 0.05) is 10.7 Å². The van der Waals surface area contributed by atoms with Crippen LogP contribution in [0, 0.1) is 5.92 Å². The molecule has 0 aromatic carbocycles. The number of unbranched alkanes of at least 4 members (excludes halogenated alkanes) is 6. The van der Waals surface area contributed by atoms with E-state index in [1.807, 2.05) is 12.3 Å². The minimum Gasteiger partial charge on any atom is -0.260 e. The average molecular weight is 324 g/mol. The van der Waals surface area contributed by atoms with Gasteiger partial charge in [0.25, 0.3) is 0 Å². The highest BCUT2D eigenvalue weighted by Gasteiger charge is 2.19. The molecule has 0 atom stereocenters. The fraction of sp³-hybridized carbons (Fsp3) is 0.706. The van der Waals surface area contributed by atoms with Gasteiger partial charge in [-0.1, -0.05) is 57.8 Å². The predicted molar refractivity (Wildman–Crippen MR) is 85.3 cm³/mol. The van der Waals surface area contributed by atoms with E-state index >= 15 is 0 Å². The van der Waals surface area contributed by atoms with Crippen molar-refractivity contribution in [2.75, 3.05) is 0 Å². The first-order valence-electron chi connectivity index (χ1n) is 7.95. The van der Waals surface area contributed by atoms with Crippen LogP contribution in [0.4, 0.5) is 0 Å². The summed E-state index contributed by atoms with van der Waals surface area (Å²) in [6.07, 6.45) is 17.4. The lowest BCUT2D eigenvalue weighted by molar-refractivity contribution is 0.552. The summed E-state index contributed by atoms with van der Waals surface area (Å²) in [5, 5.41) is 0. The summed E-state index contributed by atoms with van der Waals surface area (Å²) in [7, 11) is 0. The van der Waals surface area contributed by atoms with Gasteiger partial charge in [0.1, 0.15) is 0 Å². The van der Waals surface area contributed by atoms with E-state index in [1.54, 1.807) is 0 Å². The van der Waals surface area contributed by atoms with Gasteiger partial charge in [-0.15, -0.1) is 0 Å². The van der Waals surface area contributed by atoms with Crippen LogP contribution in [0.3, 0.4) is 0 Å². The van der Waals surface area contributed by atoms with Crippen molar-refractivity contribution in [2.45, 2.75) is 70.6 Å². The molecular formula is C17H26BrN. The first-order chi connectivity index (χ1) is 9.36. The molecule has 1 heterocycles. The highest BCUT2D eigenvalue weighted by Crippen LogP contribution is 2.34. The zero-order chi connectivity index (χ0) is 13.3. The molecular weight excluding hydrogens is 298 g/mol. The summed E-state index contributed by atoms with van der Waals surface area (Å²) in [5.74, 6) is 1.12. The topological polar surface area (TPSA) is 12.9 Å². The predicted octanol–water partition coefficient (Wildman–Crippen LogP) is 5.92. The van der Waals surface area contributed by atoms with E-state index in [0.717, 1.165) is 16.8 Å². The molecule has 1 nitrogen and oxygen atoms in total. The van der Waals surface area contributed by atoms with E-state index in [2.05, 4.69) is 27.0 Å². The number of hydrogen-bond donors (Lipinski definition) is 0. The van der Waals surface area contributed by atoms with Gasteiger partial charge in [0.05, 0.1) is 5.69 Å². The van der Waals surface area contributed by atoms with Gasteiger partial charge >= 0.3 is 0 Å². The summed E-state index contributed by atoms with van der Waals surface area (Å²) in [6, 6.07) is 4.07. The second-order valence-electron chi connectivity index (χ2n) is 5.89. The maximum absolute atomic E-state index is 4.41. The smallest absolute Gasteiger partial charge is 0.0545 e. The number of aromatic nitrogens is 1. The SMILES string of the molecule is Brc1cccnc1CCCCCCCCCC1CC1. The van der Waals surface area contributed by atoms with Gasteiger partial charge < -0.3 is 0 Å². The van der Waals surface area contributed by atoms with E-state index in [-0.39, 0.29) is 0 Å². The molecule has 0 radical (unpaired) electrons. The van der Waals surface area contributed by atoms with E-state index in [1.165, 1.54) is 69.9 Å². The normalized spacial score (nSPS) is 14.8. The molecule has 2 heteroatoms. The Morgan fingerprint density at radius 2 is 1.68 bits per heavy atom. The molecule has 0 N–H and O–H groups in total. The van der Waals surface area contributed by atoms with Crippen LogP contribution in [0.2, 0.25) is 0 Å². The minimum absolute atomic E-state index is 1.11. The summed E-state index contributed by atoms with van der Waals surface area (Å²) in [5.41, 5.74) is 1.21. The number of aryl methyl sites for hydroxylation is 1. The van der Waals surface area contributed by atoms with E-state index in [4.69, 9.17) is 0 Å². The molecule has 1 fully saturated rings. The first kappa shape index (κ1) is 15.0. The van der Waals surface area contributed by atoms with Gasteiger partial charge in [0.2, 0.25) is 0 Å². The molecule has 0 bridgehead atoms. The highest BCUT2D eigenvalue weighted by molar-refractivity contribution is 9.10. The number of nitrogens with zero attached hydrogens (tertiary/aromatic N) is 1. The Labute approximate surface area is 126 Å². The Morgan fingerprint density at radius 3 is 2.37 bits per heavy atom. The zero-order valence-electron chi connectivity index (χ0n) is 11.9. The van der Waals surface area contributed by atoms with Crippen LogP contribution in [-0.2, 0) is 6.42 Å². The van der Waals surface area contributed by atoms with Crippen LogP contribution in [0.5, 0.6) is 0 Å². The third-order valence-electron chi connectivity index (χ3n) is 4.06. The van der Waals surface area contributed by atoms with Gasteiger partial charge in [-0.05, 0) is 46.8 Å². The molecule has 0 aliphatic heterocycles. The summed E-state index contributed by atoms with van der Waals surface area (Å²) >= 11 is 3.56. The molecule has 0 saturated heterocycles. The van der Waals surface area contributed by atoms with Gasteiger partial charge in [-0.2, -0.15) is 0 Å². The lowest BCUT2D eigenvalue weighted by Gasteiger charge is -2.04. The maximum atomic E-state index is 4.41. The van der Waals surface area contributed by atoms with Crippen LogP contribution >= 0.6 is 15.9 Å². The largest absolute Gasteiger partial charge is 0.260 e. The summed E-state index contributed by atoms with van der Waals surface area (Å²) in [4.78, 5) is 4.41. The van der Waals surface area contributed by atoms with Crippen molar-refractivity contribution < 1.29 is 0 Å². The quantitative estimate of drug-likeness (QED) is 0.487. The molecule has 106 valence electrons. The van der Waals surface area contributed by atoms with Gasteiger partial charge in [-0.3, -0.25) is 4.98 Å². The fourth-order valence-electron chi connectivity index (χ4n) is 2.62. The monoisotopic (exact) mass is 323 g/mol. The Balaban J connectivity index is 1.40. The van der Waals surface area contributed by atoms with Crippen molar-refractivity contribution >= 4 is 15.9 Å². The van der Waals surface area contributed by atoms with Crippen LogP contribution in [0.15, 0.2) is 22.8 Å². The Bertz CT molecular complexity index is 360. The summed E-state index contributed by atoms with van der Waals surface area (Å²) in [6.45, 7) is 0. The second-order valence-corrected chi connectivity index (χ2v) is 6.74. The van der Waals surface area contributed by atoms with Crippen LogP contribution < -0.4 is 0 Å². The van der Waals surface area contributed by atoms with Gasteiger partial charge in [0.15, 0.2) is 0 Å². The Kier molecular flexibility index (Phi) is 6.91. The van der Waals surface area contributed by atoms with Crippen LogP contribution in [0.1, 0.15) is 69.9 Å². The molecule has 2 rings (SSSR count). The number of pyridine rings is 1. The molecule has 0 amide bonds. The minimum atomic E-state index is 1.11. The third kappa shape index (κ3) is 6.56. The lowest BCUT2D eigenvalue weighted by Crippen LogP contribution is -1.91. The lowest BCUT2D eigenvalue weighted by atomic mass is 10.1. The molecule has 1 aliphatic carbocycles. The van der Waals surface area contributed by atoms with Crippen molar-refractivity contribution in [3.8, 4) is 0 Å². The van der Waals surface area contributed by atoms with Crippen molar-refractivity contribution in [2.24, 2.45) is 5.92 Å². The number of rotatable bonds is 10. The molecule has 0 unspecified atom stereocenters. The maximum Gasteiger partial charge on any atom is 0.0545 e. The highest BCUT2D eigenvalue weighted by atomic mass is 79.9. The standard InChI is InChI=1S/C17H26BrN/c18-16-10-8-14-19-17(16)11-7-5-3-1-2-4-6-9-15-12-13-15/h8,10,14-15H,1-7,9,11-13H2. The van der Waals surface area contributed by atoms with E-state index in [9.17, 15) is 0 Å². The van der Waals surface area contributed by atoms with Crippen molar-refractivity contribution in [3.05, 3.63) is 28.5 Å². The van der Waals surface area contributed by atoms with Crippen molar-refractivity contribution in [1.29, 1.82) is 0 Å². The Hall–Kier alpha value is -0.370. The average Bonchev–Trinajstić information content (AvgIpc) is 3.23. The third-order valence-corrected chi connectivity index (χ3v) is 4.78. The Morgan fingerprint density at radius 1 is 1.00 bits per heavy atom. The van der Waals surface area contributed by atoms with E-state index in [0.29, 0.717) is 0 Å². The summed E-state index contributed by atoms with van der Waals surface area (Å²) < 4.78 is 1.16. The number of halogens is 1. The fourth-order valence-corrected chi connectivity index (χ4v) is 3.07. The molecule has 1 aromatic rings. The molecule has 1 aromatic heterocycles. The molecule has 19 heavy (non-hydrogen) atoms. The van der Waals surface area contributed by atoms with Crippen LogP contribution in [0.25, 0.3) is 0 Å². The van der Waals surface area contributed by atoms with Crippen molar-refractivity contribution in [1.82, 2.24) is 4.98 Å². The van der Waals surface area contributed by atoms with E-state index < -0.39 is 0 Å².